The molecule has 3 aromatic heterocycles. The predicted octanol–water partition coefficient (Wildman–Crippen LogP) is 3.55. The number of nitrogens with zero attached hydrogens (tertiary/aromatic N) is 5. The van der Waals surface area contributed by atoms with Crippen LogP contribution in [0.5, 0.6) is 0 Å². The smallest absolute Gasteiger partial charge is 0.168 e. The van der Waals surface area contributed by atoms with Gasteiger partial charge in [-0.25, -0.2) is 14.5 Å². The minimum absolute atomic E-state index is 0.550. The van der Waals surface area contributed by atoms with Crippen LogP contribution in [0, 0.1) is 25.7 Å². The highest BCUT2D eigenvalue weighted by Crippen LogP contribution is 2.27. The molecule has 0 atom stereocenters. The summed E-state index contributed by atoms with van der Waals surface area (Å²) in [6.45, 7) is 14.1. The first-order chi connectivity index (χ1) is 10.4. The van der Waals surface area contributed by atoms with Gasteiger partial charge in [0.1, 0.15) is 12.0 Å². The lowest BCUT2D eigenvalue weighted by Crippen LogP contribution is -2.07. The van der Waals surface area contributed by atoms with Gasteiger partial charge in [0, 0.05) is 18.7 Å². The van der Waals surface area contributed by atoms with Crippen molar-refractivity contribution in [2.45, 2.75) is 54.5 Å². The zero-order valence-electron chi connectivity index (χ0n) is 14.4. The highest BCUT2D eigenvalue weighted by Gasteiger charge is 2.18. The third kappa shape index (κ3) is 2.38. The molecule has 0 aliphatic carbocycles. The van der Waals surface area contributed by atoms with Crippen molar-refractivity contribution in [3.8, 4) is 0 Å². The number of fused-ring (bicyclic) bond motifs is 3. The minimum Gasteiger partial charge on any atom is -0.329 e. The summed E-state index contributed by atoms with van der Waals surface area (Å²) < 4.78 is 4.14. The molecule has 3 aromatic rings. The Morgan fingerprint density at radius 1 is 1.05 bits per heavy atom. The van der Waals surface area contributed by atoms with Crippen LogP contribution in [0.2, 0.25) is 0 Å². The third-order valence-corrected chi connectivity index (χ3v) is 4.13. The molecule has 0 bridgehead atoms. The predicted molar refractivity (Wildman–Crippen MR) is 89.1 cm³/mol. The van der Waals surface area contributed by atoms with Crippen LogP contribution in [0.4, 0.5) is 0 Å². The van der Waals surface area contributed by atoms with Gasteiger partial charge in [-0.15, -0.1) is 5.10 Å². The third-order valence-electron chi connectivity index (χ3n) is 4.13. The first-order valence-electron chi connectivity index (χ1n) is 8.08. The lowest BCUT2D eigenvalue weighted by atomic mass is 10.1. The summed E-state index contributed by atoms with van der Waals surface area (Å²) in [5.41, 5.74) is 4.50. The van der Waals surface area contributed by atoms with Gasteiger partial charge in [-0.3, -0.25) is 0 Å². The molecular weight excluding hydrogens is 274 g/mol. The van der Waals surface area contributed by atoms with Crippen LogP contribution in [0.1, 0.15) is 44.8 Å². The molecule has 0 fully saturated rings. The average molecular weight is 299 g/mol. The fourth-order valence-electron chi connectivity index (χ4n) is 3.01. The zero-order chi connectivity index (χ0) is 16.0. The molecule has 0 amide bonds. The molecule has 3 rings (SSSR count). The highest BCUT2D eigenvalue weighted by atomic mass is 15.3. The molecule has 3 heterocycles. The molecule has 0 radical (unpaired) electrons. The number of hydrogen-bond acceptors (Lipinski definition) is 3. The number of rotatable bonds is 4. The summed E-state index contributed by atoms with van der Waals surface area (Å²) in [6.07, 6.45) is 2.69. The van der Waals surface area contributed by atoms with E-state index < -0.39 is 0 Å². The highest BCUT2D eigenvalue weighted by molar-refractivity contribution is 5.93. The molecule has 0 spiro atoms. The summed E-state index contributed by atoms with van der Waals surface area (Å²) in [5, 5.41) is 5.72. The van der Waals surface area contributed by atoms with Crippen molar-refractivity contribution in [3.05, 3.63) is 23.4 Å². The fraction of sp³-hybridized carbons (Fsp3) is 0.588. The van der Waals surface area contributed by atoms with Gasteiger partial charge in [-0.2, -0.15) is 0 Å². The van der Waals surface area contributed by atoms with Crippen LogP contribution in [0.3, 0.4) is 0 Å². The van der Waals surface area contributed by atoms with E-state index in [1.54, 1.807) is 6.33 Å². The fourth-order valence-corrected chi connectivity index (χ4v) is 3.01. The maximum Gasteiger partial charge on any atom is 0.168 e. The molecule has 118 valence electrons. The quantitative estimate of drug-likeness (QED) is 0.740. The molecule has 0 unspecified atom stereocenters. The summed E-state index contributed by atoms with van der Waals surface area (Å²) in [4.78, 5) is 9.43. The van der Waals surface area contributed by atoms with E-state index in [0.717, 1.165) is 35.5 Å². The Labute approximate surface area is 131 Å². The van der Waals surface area contributed by atoms with Crippen molar-refractivity contribution < 1.29 is 0 Å². The molecule has 0 N–H and O–H groups in total. The van der Waals surface area contributed by atoms with Crippen molar-refractivity contribution in [2.75, 3.05) is 0 Å². The van der Waals surface area contributed by atoms with E-state index in [1.807, 2.05) is 4.52 Å². The first-order valence-corrected chi connectivity index (χ1v) is 8.08. The Hall–Kier alpha value is -1.91. The molecule has 0 saturated carbocycles. The van der Waals surface area contributed by atoms with Crippen molar-refractivity contribution >= 4 is 16.7 Å². The van der Waals surface area contributed by atoms with E-state index in [2.05, 4.69) is 56.2 Å². The molecule has 0 aromatic carbocycles. The molecular formula is C17H25N5. The molecule has 0 aliphatic heterocycles. The summed E-state index contributed by atoms with van der Waals surface area (Å²) >= 11 is 0. The van der Waals surface area contributed by atoms with Crippen LogP contribution in [0.15, 0.2) is 6.33 Å². The van der Waals surface area contributed by atoms with Gasteiger partial charge in [-0.05, 0) is 31.2 Å². The van der Waals surface area contributed by atoms with Crippen molar-refractivity contribution in [2.24, 2.45) is 11.8 Å². The number of aryl methyl sites for hydroxylation is 1. The van der Waals surface area contributed by atoms with E-state index in [9.17, 15) is 0 Å². The van der Waals surface area contributed by atoms with Crippen molar-refractivity contribution in [1.82, 2.24) is 24.1 Å². The topological polar surface area (TPSA) is 48.0 Å². The Balaban J connectivity index is 2.25. The van der Waals surface area contributed by atoms with Crippen molar-refractivity contribution in [1.29, 1.82) is 0 Å². The van der Waals surface area contributed by atoms with Crippen LogP contribution in [-0.2, 0) is 13.0 Å². The Kier molecular flexibility index (Phi) is 3.67. The molecule has 5 heteroatoms. The lowest BCUT2D eigenvalue weighted by Gasteiger charge is -2.10. The second kappa shape index (κ2) is 5.38. The van der Waals surface area contributed by atoms with Gasteiger partial charge >= 0.3 is 0 Å². The maximum absolute atomic E-state index is 4.77. The van der Waals surface area contributed by atoms with Gasteiger partial charge in [0.25, 0.3) is 0 Å². The van der Waals surface area contributed by atoms with Gasteiger partial charge in [0.15, 0.2) is 11.5 Å². The second-order valence-electron chi connectivity index (χ2n) is 7.05. The molecule has 0 aliphatic rings. The van der Waals surface area contributed by atoms with E-state index in [4.69, 9.17) is 4.98 Å². The average Bonchev–Trinajstić information content (AvgIpc) is 2.92. The maximum atomic E-state index is 4.77. The lowest BCUT2D eigenvalue weighted by molar-refractivity contribution is 0.524. The van der Waals surface area contributed by atoms with Crippen LogP contribution >= 0.6 is 0 Å². The SMILES string of the molecule is Cc1c(C)n(CC(C)C)c2ncn3nc(CC(C)C)nc3c12. The van der Waals surface area contributed by atoms with E-state index in [-0.39, 0.29) is 0 Å². The van der Waals surface area contributed by atoms with Crippen LogP contribution in [-0.4, -0.2) is 24.1 Å². The van der Waals surface area contributed by atoms with Crippen molar-refractivity contribution in [3.63, 3.8) is 0 Å². The molecule has 0 saturated heterocycles. The molecule has 5 nitrogen and oxygen atoms in total. The van der Waals surface area contributed by atoms with Gasteiger partial charge in [-0.1, -0.05) is 27.7 Å². The Bertz CT molecular complexity index is 823. The van der Waals surface area contributed by atoms with E-state index in [0.29, 0.717) is 11.8 Å². The van der Waals surface area contributed by atoms with Gasteiger partial charge in [0.05, 0.1) is 5.39 Å². The monoisotopic (exact) mass is 299 g/mol. The van der Waals surface area contributed by atoms with E-state index >= 15 is 0 Å². The first kappa shape index (κ1) is 15.0. The van der Waals surface area contributed by atoms with Gasteiger partial charge in [0.2, 0.25) is 0 Å². The number of aromatic nitrogens is 5. The second-order valence-corrected chi connectivity index (χ2v) is 7.05. The summed E-state index contributed by atoms with van der Waals surface area (Å²) in [5.74, 6) is 2.04. The van der Waals surface area contributed by atoms with Crippen LogP contribution in [0.25, 0.3) is 16.7 Å². The minimum atomic E-state index is 0.550. The largest absolute Gasteiger partial charge is 0.329 e. The zero-order valence-corrected chi connectivity index (χ0v) is 14.4. The number of hydrogen-bond donors (Lipinski definition) is 0. The standard InChI is InChI=1S/C17H25N5/c1-10(2)7-14-19-17-15-12(5)13(6)21(8-11(3)4)16(15)18-9-22(17)20-14/h9-11H,7-8H2,1-6H3. The Morgan fingerprint density at radius 3 is 2.41 bits per heavy atom. The Morgan fingerprint density at radius 2 is 1.77 bits per heavy atom. The van der Waals surface area contributed by atoms with Gasteiger partial charge < -0.3 is 4.57 Å². The summed E-state index contributed by atoms with van der Waals surface area (Å²) in [7, 11) is 0. The van der Waals surface area contributed by atoms with Crippen LogP contribution < -0.4 is 0 Å². The summed E-state index contributed by atoms with van der Waals surface area (Å²) in [6, 6.07) is 0. The molecule has 22 heavy (non-hydrogen) atoms. The van der Waals surface area contributed by atoms with E-state index in [1.165, 1.54) is 11.3 Å². The normalized spacial score (nSPS) is 12.4.